The molecule has 1 saturated carbocycles. The molecule has 2 aromatic heterocycles. The summed E-state index contributed by atoms with van der Waals surface area (Å²) in [5.41, 5.74) is 3.15. The van der Waals surface area contributed by atoms with E-state index >= 15 is 0 Å². The standard InChI is InChI=1S/C25H28FN5O2/c1-16-9-23(26)22(25(32)29-19-3-4-19)11-24(16)31-15-18(13-28-31)17-10-21(14-27-12-17)33-20-5-7-30(2)8-6-20/h9-15,19-20H,3-8H2,1-2H3,(H,29,32). The second kappa shape index (κ2) is 8.94. The highest BCUT2D eigenvalue weighted by atomic mass is 19.1. The van der Waals surface area contributed by atoms with Crippen molar-refractivity contribution in [1.82, 2.24) is 25.0 Å². The Kier molecular flexibility index (Phi) is 5.85. The lowest BCUT2D eigenvalue weighted by Gasteiger charge is -2.29. The van der Waals surface area contributed by atoms with E-state index in [-0.39, 0.29) is 23.6 Å². The quantitative estimate of drug-likeness (QED) is 0.621. The number of piperidine rings is 1. The number of nitrogens with zero attached hydrogens (tertiary/aromatic N) is 4. The van der Waals surface area contributed by atoms with Crippen molar-refractivity contribution in [2.75, 3.05) is 20.1 Å². The number of halogens is 1. The Labute approximate surface area is 192 Å². The maximum Gasteiger partial charge on any atom is 0.254 e. The maximum atomic E-state index is 14.5. The molecule has 0 bridgehead atoms. The molecule has 7 nitrogen and oxygen atoms in total. The summed E-state index contributed by atoms with van der Waals surface area (Å²) in [5.74, 6) is -0.164. The first-order valence-electron chi connectivity index (χ1n) is 11.4. The van der Waals surface area contributed by atoms with E-state index in [1.807, 2.05) is 12.3 Å². The predicted molar refractivity (Wildman–Crippen MR) is 123 cm³/mol. The number of carbonyl (C=O) groups excluding carboxylic acids is 1. The highest BCUT2D eigenvalue weighted by molar-refractivity contribution is 5.95. The molecule has 3 aromatic rings. The van der Waals surface area contributed by atoms with E-state index in [4.69, 9.17) is 4.74 Å². The van der Waals surface area contributed by atoms with Crippen molar-refractivity contribution in [2.24, 2.45) is 0 Å². The van der Waals surface area contributed by atoms with E-state index in [0.717, 1.165) is 55.6 Å². The molecule has 1 aliphatic carbocycles. The van der Waals surface area contributed by atoms with Crippen molar-refractivity contribution in [3.8, 4) is 22.6 Å². The van der Waals surface area contributed by atoms with E-state index < -0.39 is 5.82 Å². The predicted octanol–water partition coefficient (Wildman–Crippen LogP) is 3.75. The number of nitrogens with one attached hydrogen (secondary N) is 1. The first kappa shape index (κ1) is 21.6. The molecule has 2 aliphatic rings. The van der Waals surface area contributed by atoms with Gasteiger partial charge >= 0.3 is 0 Å². The average molecular weight is 450 g/mol. The molecule has 1 aromatic carbocycles. The number of amides is 1. The van der Waals surface area contributed by atoms with Gasteiger partial charge in [0.2, 0.25) is 0 Å². The fourth-order valence-electron chi connectivity index (χ4n) is 4.11. The summed E-state index contributed by atoms with van der Waals surface area (Å²) in [6, 6.07) is 5.08. The number of carbonyl (C=O) groups is 1. The zero-order valence-electron chi connectivity index (χ0n) is 18.9. The van der Waals surface area contributed by atoms with Gasteiger partial charge in [0.1, 0.15) is 17.7 Å². The number of benzene rings is 1. The molecule has 0 atom stereocenters. The SMILES string of the molecule is Cc1cc(F)c(C(=O)NC2CC2)cc1-n1cc(-c2cncc(OC3CCN(C)CC3)c2)cn1. The molecule has 0 unspecified atom stereocenters. The Bertz CT molecular complexity index is 1170. The van der Waals surface area contributed by atoms with Crippen LogP contribution >= 0.6 is 0 Å². The molecule has 172 valence electrons. The number of hydrogen-bond donors (Lipinski definition) is 1. The summed E-state index contributed by atoms with van der Waals surface area (Å²) < 4.78 is 22.3. The molecule has 2 fully saturated rings. The summed E-state index contributed by atoms with van der Waals surface area (Å²) in [4.78, 5) is 19.1. The van der Waals surface area contributed by atoms with Gasteiger partial charge in [0.15, 0.2) is 0 Å². The van der Waals surface area contributed by atoms with Crippen molar-refractivity contribution in [2.45, 2.75) is 44.8 Å². The Morgan fingerprint density at radius 3 is 2.64 bits per heavy atom. The normalized spacial score (nSPS) is 17.2. The van der Waals surface area contributed by atoms with Gasteiger partial charge in [0, 0.05) is 42.7 Å². The molecule has 0 spiro atoms. The van der Waals surface area contributed by atoms with Crippen molar-refractivity contribution in [3.63, 3.8) is 0 Å². The van der Waals surface area contributed by atoms with E-state index in [0.29, 0.717) is 11.3 Å². The van der Waals surface area contributed by atoms with Crippen LogP contribution in [0.5, 0.6) is 5.75 Å². The van der Waals surface area contributed by atoms with Gasteiger partial charge in [0.05, 0.1) is 23.6 Å². The summed E-state index contributed by atoms with van der Waals surface area (Å²) >= 11 is 0. The molecular formula is C25H28FN5O2. The summed E-state index contributed by atoms with van der Waals surface area (Å²) in [5, 5.41) is 7.32. The second-order valence-corrected chi connectivity index (χ2v) is 9.07. The van der Waals surface area contributed by atoms with Gasteiger partial charge in [-0.3, -0.25) is 9.78 Å². The lowest BCUT2D eigenvalue weighted by molar-refractivity contribution is 0.0947. The molecule has 1 amide bonds. The molecule has 8 heteroatoms. The van der Waals surface area contributed by atoms with Crippen molar-refractivity contribution < 1.29 is 13.9 Å². The smallest absolute Gasteiger partial charge is 0.254 e. The Morgan fingerprint density at radius 1 is 1.09 bits per heavy atom. The van der Waals surface area contributed by atoms with Crippen molar-refractivity contribution in [1.29, 1.82) is 0 Å². The summed E-state index contributed by atoms with van der Waals surface area (Å²) in [7, 11) is 2.13. The van der Waals surface area contributed by atoms with Crippen LogP contribution in [0.4, 0.5) is 4.39 Å². The van der Waals surface area contributed by atoms with Gasteiger partial charge in [-0.25, -0.2) is 9.07 Å². The monoisotopic (exact) mass is 449 g/mol. The number of aryl methyl sites for hydroxylation is 1. The van der Waals surface area contributed by atoms with Crippen LogP contribution in [0.1, 0.15) is 41.6 Å². The second-order valence-electron chi connectivity index (χ2n) is 9.07. The molecule has 5 rings (SSSR count). The number of rotatable bonds is 6. The lowest BCUT2D eigenvalue weighted by Crippen LogP contribution is -2.35. The highest BCUT2D eigenvalue weighted by Crippen LogP contribution is 2.27. The van der Waals surface area contributed by atoms with Gasteiger partial charge < -0.3 is 15.0 Å². The fraction of sp³-hybridized carbons (Fsp3) is 0.400. The van der Waals surface area contributed by atoms with Gasteiger partial charge in [-0.1, -0.05) is 0 Å². The van der Waals surface area contributed by atoms with E-state index in [2.05, 4.69) is 27.3 Å². The molecule has 0 radical (unpaired) electrons. The maximum absolute atomic E-state index is 14.5. The molecule has 1 aliphatic heterocycles. The first-order chi connectivity index (χ1) is 16.0. The number of likely N-dealkylation sites (tertiary alicyclic amines) is 1. The minimum Gasteiger partial charge on any atom is -0.489 e. The van der Waals surface area contributed by atoms with E-state index in [9.17, 15) is 9.18 Å². The third-order valence-corrected chi connectivity index (χ3v) is 6.29. The fourth-order valence-corrected chi connectivity index (χ4v) is 4.11. The largest absolute Gasteiger partial charge is 0.489 e. The highest BCUT2D eigenvalue weighted by Gasteiger charge is 2.26. The molecule has 3 heterocycles. The van der Waals surface area contributed by atoms with Gasteiger partial charge in [-0.2, -0.15) is 5.10 Å². The van der Waals surface area contributed by atoms with Gasteiger partial charge in [0.25, 0.3) is 5.91 Å². The van der Waals surface area contributed by atoms with Crippen LogP contribution in [-0.2, 0) is 0 Å². The van der Waals surface area contributed by atoms with E-state index in [1.54, 1.807) is 36.3 Å². The minimum absolute atomic E-state index is 0.0368. The Morgan fingerprint density at radius 2 is 1.88 bits per heavy atom. The van der Waals surface area contributed by atoms with Crippen LogP contribution in [0.15, 0.2) is 43.0 Å². The van der Waals surface area contributed by atoms with Crippen LogP contribution in [0.2, 0.25) is 0 Å². The third-order valence-electron chi connectivity index (χ3n) is 6.29. The van der Waals surface area contributed by atoms with Crippen LogP contribution in [-0.4, -0.2) is 57.9 Å². The Hall–Kier alpha value is -3.26. The number of ether oxygens (including phenoxy) is 1. The van der Waals surface area contributed by atoms with Crippen LogP contribution in [0.3, 0.4) is 0 Å². The van der Waals surface area contributed by atoms with Crippen molar-refractivity contribution in [3.05, 3.63) is 59.9 Å². The zero-order valence-corrected chi connectivity index (χ0v) is 18.9. The molecule has 1 saturated heterocycles. The summed E-state index contributed by atoms with van der Waals surface area (Å²) in [6.45, 7) is 3.87. The summed E-state index contributed by atoms with van der Waals surface area (Å²) in [6.07, 6.45) is 11.2. The number of hydrogen-bond acceptors (Lipinski definition) is 5. The molecule has 33 heavy (non-hydrogen) atoms. The molecular weight excluding hydrogens is 421 g/mol. The minimum atomic E-state index is -0.523. The van der Waals surface area contributed by atoms with E-state index in [1.165, 1.54) is 6.07 Å². The molecule has 1 N–H and O–H groups in total. The average Bonchev–Trinajstić information content (AvgIpc) is 3.47. The topological polar surface area (TPSA) is 72.3 Å². The number of aromatic nitrogens is 3. The lowest BCUT2D eigenvalue weighted by atomic mass is 10.1. The zero-order chi connectivity index (χ0) is 22.9. The van der Waals surface area contributed by atoms with Crippen LogP contribution < -0.4 is 10.1 Å². The van der Waals surface area contributed by atoms with Crippen molar-refractivity contribution >= 4 is 5.91 Å². The third kappa shape index (κ3) is 4.90. The Balaban J connectivity index is 1.36. The van der Waals surface area contributed by atoms with Gasteiger partial charge in [-0.05, 0) is 63.4 Å². The van der Waals surface area contributed by atoms with Gasteiger partial charge in [-0.15, -0.1) is 0 Å². The first-order valence-corrected chi connectivity index (χ1v) is 11.4. The van der Waals surface area contributed by atoms with Crippen LogP contribution in [0, 0.1) is 12.7 Å². The van der Waals surface area contributed by atoms with Crippen LogP contribution in [0.25, 0.3) is 16.8 Å². The number of pyridine rings is 1.